The second kappa shape index (κ2) is 18.6. The second-order valence-electron chi connectivity index (χ2n) is 30.1. The highest BCUT2D eigenvalue weighted by Gasteiger charge is 2.93. The van der Waals surface area contributed by atoms with Crippen molar-refractivity contribution in [3.05, 3.63) is 0 Å². The van der Waals surface area contributed by atoms with Crippen LogP contribution in [0.4, 0.5) is 0 Å². The fourth-order valence-corrected chi connectivity index (χ4v) is 21.7. The maximum absolute atomic E-state index is 3.00. The predicted molar refractivity (Wildman–Crippen MR) is 287 cm³/mol. The molecule has 0 amide bonds. The van der Waals surface area contributed by atoms with E-state index in [9.17, 15) is 0 Å². The highest BCUT2D eigenvalue weighted by Crippen LogP contribution is 2.97. The maximum Gasteiger partial charge on any atom is -0.0168 e. The molecule has 0 bridgehead atoms. The van der Waals surface area contributed by atoms with Gasteiger partial charge in [-0.3, -0.25) is 0 Å². The van der Waals surface area contributed by atoms with Crippen LogP contribution < -0.4 is 0 Å². The second-order valence-corrected chi connectivity index (χ2v) is 30.1. The van der Waals surface area contributed by atoms with Gasteiger partial charge in [0.1, 0.15) is 0 Å². The Balaban J connectivity index is 1.47. The van der Waals surface area contributed by atoms with Gasteiger partial charge in [-0.2, -0.15) is 0 Å². The fraction of sp³-hybridized carbons (Fsp3) is 1.00. The van der Waals surface area contributed by atoms with Gasteiger partial charge in [-0.15, -0.1) is 0 Å². The van der Waals surface area contributed by atoms with E-state index >= 15 is 0 Å². The molecule has 0 N–H and O–H groups in total. The summed E-state index contributed by atoms with van der Waals surface area (Å²) in [6, 6.07) is 0. The van der Waals surface area contributed by atoms with E-state index in [1.54, 1.807) is 0 Å². The fourth-order valence-electron chi connectivity index (χ4n) is 21.7. The Morgan fingerprint density at radius 3 is 1.00 bits per heavy atom. The molecule has 0 radical (unpaired) electrons. The first-order chi connectivity index (χ1) is 29.8. The van der Waals surface area contributed by atoms with Crippen molar-refractivity contribution < 1.29 is 0 Å². The molecule has 0 heterocycles. The van der Waals surface area contributed by atoms with Gasteiger partial charge in [0.15, 0.2) is 0 Å². The van der Waals surface area contributed by atoms with Crippen LogP contribution in [0.3, 0.4) is 0 Å². The van der Waals surface area contributed by atoms with E-state index in [2.05, 4.69) is 187 Å². The molecule has 0 aliphatic heterocycles. The minimum atomic E-state index is 0.311. The van der Waals surface area contributed by atoms with Gasteiger partial charge in [0.2, 0.25) is 0 Å². The summed E-state index contributed by atoms with van der Waals surface area (Å²) in [6.07, 6.45) is 8.82. The topological polar surface area (TPSA) is 0 Å². The summed E-state index contributed by atoms with van der Waals surface area (Å²) in [7, 11) is 0. The summed E-state index contributed by atoms with van der Waals surface area (Å²) in [5.74, 6) is 20.6. The average molecular weight is 902 g/mol. The van der Waals surface area contributed by atoms with Crippen molar-refractivity contribution in [2.75, 3.05) is 0 Å². The van der Waals surface area contributed by atoms with Gasteiger partial charge < -0.3 is 0 Å². The standard InChI is InChI=1S/C65H120/c1-34-28-29-56-57-33-35(2)37(4)38(5)39(6)40(7)41(8)42(9)43(10)44(11)45(12)46(13)47(14)48(15)49(16)50(17)51(18)52(19)53(20)54(21)55(22)62(57,24)64(26)59(56)60-58(32-34)63(25,65(60,64)27)61(23)31-30-36(61)3/h34-60H,28-33H2,1-27H3. The number of rotatable bonds is 1. The molecule has 0 aromatic carbocycles. The van der Waals surface area contributed by atoms with Gasteiger partial charge in [-0.05, 0) is 219 Å². The van der Waals surface area contributed by atoms with E-state index in [-0.39, 0.29) is 0 Å². The Labute approximate surface area is 410 Å². The molecule has 6 saturated carbocycles. The minimum Gasteiger partial charge on any atom is -0.0625 e. The first kappa shape index (κ1) is 54.3. The van der Waals surface area contributed by atoms with Crippen LogP contribution in [0.1, 0.15) is 225 Å². The van der Waals surface area contributed by atoms with E-state index in [1.165, 1.54) is 38.5 Å². The van der Waals surface area contributed by atoms with Crippen molar-refractivity contribution >= 4 is 0 Å². The van der Waals surface area contributed by atoms with Crippen LogP contribution in [0.15, 0.2) is 0 Å². The molecule has 0 heteroatoms. The third kappa shape index (κ3) is 7.35. The van der Waals surface area contributed by atoms with E-state index in [0.717, 1.165) is 130 Å². The van der Waals surface area contributed by atoms with Crippen LogP contribution in [0.2, 0.25) is 0 Å². The van der Waals surface area contributed by atoms with Gasteiger partial charge in [0.05, 0.1) is 0 Å². The van der Waals surface area contributed by atoms with Gasteiger partial charge in [-0.1, -0.05) is 193 Å². The quantitative estimate of drug-likeness (QED) is 0.246. The Hall–Kier alpha value is 0. The molecule has 65 heavy (non-hydrogen) atoms. The van der Waals surface area contributed by atoms with Crippen molar-refractivity contribution in [1.82, 2.24) is 0 Å². The lowest BCUT2D eigenvalue weighted by molar-refractivity contribution is -0.441. The summed E-state index contributed by atoms with van der Waals surface area (Å²) in [5.41, 5.74) is 1.99. The minimum absolute atomic E-state index is 0.311. The Bertz CT molecular complexity index is 1610. The molecule has 6 rings (SSSR count). The van der Waals surface area contributed by atoms with Gasteiger partial charge in [0.25, 0.3) is 0 Å². The van der Waals surface area contributed by atoms with Crippen LogP contribution >= 0.6 is 0 Å². The van der Waals surface area contributed by atoms with Crippen LogP contribution in [-0.4, -0.2) is 0 Å². The molecule has 380 valence electrons. The lowest BCUT2D eigenvalue weighted by Crippen LogP contribution is -2.87. The summed E-state index contributed by atoms with van der Waals surface area (Å²) >= 11 is 0. The summed E-state index contributed by atoms with van der Waals surface area (Å²) in [5, 5.41) is 0. The summed E-state index contributed by atoms with van der Waals surface area (Å²) in [4.78, 5) is 0. The molecule has 0 nitrogen and oxygen atoms in total. The summed E-state index contributed by atoms with van der Waals surface area (Å²) in [6.45, 7) is 73.8. The smallest absolute Gasteiger partial charge is 0.0168 e. The zero-order valence-electron chi connectivity index (χ0n) is 49.3. The summed E-state index contributed by atoms with van der Waals surface area (Å²) < 4.78 is 0. The molecular formula is C65H120. The zero-order chi connectivity index (χ0) is 49.3. The van der Waals surface area contributed by atoms with Gasteiger partial charge in [0, 0.05) is 0 Å². The predicted octanol–water partition coefficient (Wildman–Crippen LogP) is 19.5. The number of hydrogen-bond acceptors (Lipinski definition) is 0. The van der Waals surface area contributed by atoms with Crippen molar-refractivity contribution in [2.24, 2.45) is 187 Å². The molecule has 6 aliphatic carbocycles. The molecule has 0 aromatic heterocycles. The first-order valence-corrected chi connectivity index (χ1v) is 29.8. The van der Waals surface area contributed by atoms with Crippen LogP contribution in [0.5, 0.6) is 0 Å². The molecule has 0 spiro atoms. The monoisotopic (exact) mass is 901 g/mol. The van der Waals surface area contributed by atoms with E-state index in [1.807, 2.05) is 0 Å². The van der Waals surface area contributed by atoms with Crippen molar-refractivity contribution in [2.45, 2.75) is 225 Å². The van der Waals surface area contributed by atoms with Crippen LogP contribution in [0, 0.1) is 187 Å². The van der Waals surface area contributed by atoms with Gasteiger partial charge in [-0.25, -0.2) is 0 Å². The average Bonchev–Trinajstić information content (AvgIpc) is 3.44. The zero-order valence-corrected chi connectivity index (χ0v) is 49.3. The molecule has 32 unspecified atom stereocenters. The molecule has 6 fully saturated rings. The highest BCUT2D eigenvalue weighted by molar-refractivity contribution is 5.39. The third-order valence-electron chi connectivity index (χ3n) is 30.3. The number of fused-ring (bicyclic) bond motifs is 4. The van der Waals surface area contributed by atoms with Crippen molar-refractivity contribution in [3.8, 4) is 0 Å². The first-order valence-electron chi connectivity index (χ1n) is 29.8. The van der Waals surface area contributed by atoms with Gasteiger partial charge >= 0.3 is 0 Å². The normalized spacial score (nSPS) is 63.1. The largest absolute Gasteiger partial charge is 0.0625 e. The Kier molecular flexibility index (Phi) is 15.5. The highest BCUT2D eigenvalue weighted by atomic mass is 15.0. The molecule has 6 aliphatic rings. The van der Waals surface area contributed by atoms with E-state index < -0.39 is 0 Å². The van der Waals surface area contributed by atoms with Crippen molar-refractivity contribution in [1.29, 1.82) is 0 Å². The molecule has 0 saturated heterocycles. The maximum atomic E-state index is 3.00. The molecular weight excluding hydrogens is 781 g/mol. The van der Waals surface area contributed by atoms with Crippen molar-refractivity contribution in [3.63, 3.8) is 0 Å². The molecule has 0 aromatic rings. The van der Waals surface area contributed by atoms with Crippen LogP contribution in [-0.2, 0) is 0 Å². The Morgan fingerprint density at radius 2 is 0.662 bits per heavy atom. The lowest BCUT2D eigenvalue weighted by Gasteiger charge is -2.91. The third-order valence-corrected chi connectivity index (χ3v) is 30.3. The van der Waals surface area contributed by atoms with E-state index in [4.69, 9.17) is 0 Å². The van der Waals surface area contributed by atoms with E-state index in [0.29, 0.717) is 56.7 Å². The number of hydrogen-bond donors (Lipinski definition) is 0. The van der Waals surface area contributed by atoms with Crippen LogP contribution in [0.25, 0.3) is 0 Å². The molecule has 32 atom stereocenters. The SMILES string of the molecule is CC1CCC2C3CC(C)C(C)C(C)C(C)C(C)C(C)C(C)C(C)C(C)C(C)C(C)C(C)C(C)C(C)C(C)C(C)C(C)C(C)C(C)C(C)C3(C)C3(C)C2C2C(C1)C(C)(C1(C)CCC1C)C23C. The lowest BCUT2D eigenvalue weighted by atomic mass is 9.13. The Morgan fingerprint density at radius 1 is 0.308 bits per heavy atom.